The zero-order valence-electron chi connectivity index (χ0n) is 6.08. The lowest BCUT2D eigenvalue weighted by Gasteiger charge is -2.05. The van der Waals surface area contributed by atoms with Crippen LogP contribution in [0.4, 0.5) is 0 Å². The molecule has 0 aliphatic carbocycles. The van der Waals surface area contributed by atoms with Crippen molar-refractivity contribution < 1.29 is 12.4 Å². The Bertz CT molecular complexity index is 25.9. The summed E-state index contributed by atoms with van der Waals surface area (Å²) >= 11 is 0. The van der Waals surface area contributed by atoms with Crippen molar-refractivity contribution >= 4 is 0 Å². The lowest BCUT2D eigenvalue weighted by atomic mass is 10.0. The SMILES string of the molecule is CCC(CC)CC.[Cl-]. The second-order valence-electron chi connectivity index (χ2n) is 2.09. The fourth-order valence-corrected chi connectivity index (χ4v) is 0.866. The molecule has 0 aromatic carbocycles. The summed E-state index contributed by atoms with van der Waals surface area (Å²) in [6.45, 7) is 6.78. The van der Waals surface area contributed by atoms with E-state index in [0.717, 1.165) is 5.92 Å². The maximum atomic E-state index is 2.26. The molecule has 0 spiro atoms. The Morgan fingerprint density at radius 3 is 1.12 bits per heavy atom. The van der Waals surface area contributed by atoms with Crippen LogP contribution in [0.25, 0.3) is 0 Å². The summed E-state index contributed by atoms with van der Waals surface area (Å²) in [5.74, 6) is 0.986. The lowest BCUT2D eigenvalue weighted by Crippen LogP contribution is -3.00. The van der Waals surface area contributed by atoms with Gasteiger partial charge in [-0.15, -0.1) is 0 Å². The first kappa shape index (κ1) is 11.1. The van der Waals surface area contributed by atoms with E-state index >= 15 is 0 Å². The van der Waals surface area contributed by atoms with Crippen LogP contribution in [0.5, 0.6) is 0 Å². The van der Waals surface area contributed by atoms with Crippen molar-refractivity contribution in [2.24, 2.45) is 5.92 Å². The van der Waals surface area contributed by atoms with E-state index in [2.05, 4.69) is 20.8 Å². The van der Waals surface area contributed by atoms with Crippen molar-refractivity contribution in [3.8, 4) is 0 Å². The van der Waals surface area contributed by atoms with Gasteiger partial charge in [0.2, 0.25) is 0 Å². The van der Waals surface area contributed by atoms with Gasteiger partial charge >= 0.3 is 0 Å². The smallest absolute Gasteiger partial charge is 0.0422 e. The molecule has 52 valence electrons. The van der Waals surface area contributed by atoms with E-state index in [1.165, 1.54) is 19.3 Å². The molecular weight excluding hydrogens is 120 g/mol. The van der Waals surface area contributed by atoms with Crippen molar-refractivity contribution in [1.82, 2.24) is 0 Å². The van der Waals surface area contributed by atoms with Crippen molar-refractivity contribution in [1.29, 1.82) is 0 Å². The number of halogens is 1. The van der Waals surface area contributed by atoms with Crippen LogP contribution in [-0.4, -0.2) is 0 Å². The van der Waals surface area contributed by atoms with Crippen LogP contribution in [0, 0.1) is 5.92 Å². The summed E-state index contributed by atoms with van der Waals surface area (Å²) in [5, 5.41) is 0. The maximum absolute atomic E-state index is 2.26. The molecule has 0 unspecified atom stereocenters. The molecule has 8 heavy (non-hydrogen) atoms. The molecule has 0 saturated heterocycles. The number of hydrogen-bond acceptors (Lipinski definition) is 0. The third-order valence-corrected chi connectivity index (χ3v) is 1.73. The van der Waals surface area contributed by atoms with Gasteiger partial charge in [-0.2, -0.15) is 0 Å². The molecule has 0 rings (SSSR count). The zero-order valence-corrected chi connectivity index (χ0v) is 6.83. The van der Waals surface area contributed by atoms with E-state index in [1.54, 1.807) is 0 Å². The highest BCUT2D eigenvalue weighted by Crippen LogP contribution is 2.09. The number of rotatable bonds is 3. The van der Waals surface area contributed by atoms with Crippen LogP contribution in [0.3, 0.4) is 0 Å². The first-order valence-corrected chi connectivity index (χ1v) is 3.35. The molecule has 0 radical (unpaired) electrons. The molecule has 1 heteroatoms. The average Bonchev–Trinajstić information content (AvgIpc) is 1.72. The van der Waals surface area contributed by atoms with E-state index in [4.69, 9.17) is 0 Å². The van der Waals surface area contributed by atoms with Crippen molar-refractivity contribution in [3.63, 3.8) is 0 Å². The molecule has 0 aliphatic rings. The Labute approximate surface area is 59.1 Å². The van der Waals surface area contributed by atoms with Gasteiger partial charge in [0.15, 0.2) is 0 Å². The van der Waals surface area contributed by atoms with Gasteiger partial charge in [0, 0.05) is 0 Å². The highest BCUT2D eigenvalue weighted by molar-refractivity contribution is 4.48. The minimum atomic E-state index is 0. The topological polar surface area (TPSA) is 0 Å². The predicted molar refractivity (Wildman–Crippen MR) is 34.4 cm³/mol. The van der Waals surface area contributed by atoms with Gasteiger partial charge in [0.1, 0.15) is 0 Å². The van der Waals surface area contributed by atoms with E-state index in [-0.39, 0.29) is 12.4 Å². The van der Waals surface area contributed by atoms with Crippen molar-refractivity contribution in [2.75, 3.05) is 0 Å². The Hall–Kier alpha value is 0.290. The standard InChI is InChI=1S/C7H16.ClH/c1-4-7(5-2)6-3;/h7H,4-6H2,1-3H3;1H/p-1. The normalized spacial score (nSPS) is 9.00. The van der Waals surface area contributed by atoms with E-state index in [9.17, 15) is 0 Å². The summed E-state index contributed by atoms with van der Waals surface area (Å²) in [6.07, 6.45) is 4.06. The van der Waals surface area contributed by atoms with Crippen LogP contribution in [0.15, 0.2) is 0 Å². The third kappa shape index (κ3) is 4.45. The summed E-state index contributed by atoms with van der Waals surface area (Å²) in [5.41, 5.74) is 0. The third-order valence-electron chi connectivity index (χ3n) is 1.73. The van der Waals surface area contributed by atoms with Gasteiger partial charge in [-0.1, -0.05) is 40.0 Å². The molecule has 0 nitrogen and oxygen atoms in total. The molecule has 0 fully saturated rings. The zero-order chi connectivity index (χ0) is 5.70. The Morgan fingerprint density at radius 2 is 1.12 bits per heavy atom. The summed E-state index contributed by atoms with van der Waals surface area (Å²) < 4.78 is 0. The minimum absolute atomic E-state index is 0. The Kier molecular flexibility index (Phi) is 10.1. The van der Waals surface area contributed by atoms with E-state index in [1.807, 2.05) is 0 Å². The van der Waals surface area contributed by atoms with Crippen LogP contribution in [0.2, 0.25) is 0 Å². The van der Waals surface area contributed by atoms with E-state index < -0.39 is 0 Å². The Balaban J connectivity index is 0. The average molecular weight is 136 g/mol. The van der Waals surface area contributed by atoms with Crippen molar-refractivity contribution in [3.05, 3.63) is 0 Å². The molecular formula is C7H16Cl-. The van der Waals surface area contributed by atoms with Crippen LogP contribution >= 0.6 is 0 Å². The van der Waals surface area contributed by atoms with Gasteiger partial charge in [0.05, 0.1) is 0 Å². The molecule has 0 saturated carbocycles. The lowest BCUT2D eigenvalue weighted by molar-refractivity contribution is -0.00000173. The molecule has 0 aliphatic heterocycles. The second kappa shape index (κ2) is 7.29. The van der Waals surface area contributed by atoms with Gasteiger partial charge in [-0.05, 0) is 5.92 Å². The highest BCUT2D eigenvalue weighted by atomic mass is 35.5. The van der Waals surface area contributed by atoms with Gasteiger partial charge < -0.3 is 12.4 Å². The second-order valence-corrected chi connectivity index (χ2v) is 2.09. The fraction of sp³-hybridized carbons (Fsp3) is 1.00. The monoisotopic (exact) mass is 135 g/mol. The summed E-state index contributed by atoms with van der Waals surface area (Å²) in [4.78, 5) is 0. The quantitative estimate of drug-likeness (QED) is 0.505. The minimum Gasteiger partial charge on any atom is -1.00 e. The first-order chi connectivity index (χ1) is 3.35. The largest absolute Gasteiger partial charge is 1.00 e. The summed E-state index contributed by atoms with van der Waals surface area (Å²) in [7, 11) is 0. The van der Waals surface area contributed by atoms with Crippen molar-refractivity contribution in [2.45, 2.75) is 40.0 Å². The molecule has 0 atom stereocenters. The highest BCUT2D eigenvalue weighted by Gasteiger charge is 1.95. The fourth-order valence-electron chi connectivity index (χ4n) is 0.866. The molecule has 0 heterocycles. The molecule has 0 aromatic heterocycles. The van der Waals surface area contributed by atoms with Crippen LogP contribution in [0.1, 0.15) is 40.0 Å². The molecule has 0 aromatic rings. The molecule has 0 N–H and O–H groups in total. The maximum Gasteiger partial charge on any atom is -0.0422 e. The van der Waals surface area contributed by atoms with Gasteiger partial charge in [-0.25, -0.2) is 0 Å². The Morgan fingerprint density at radius 1 is 0.875 bits per heavy atom. The number of hydrogen-bond donors (Lipinski definition) is 0. The van der Waals surface area contributed by atoms with Gasteiger partial charge in [-0.3, -0.25) is 0 Å². The summed E-state index contributed by atoms with van der Waals surface area (Å²) in [6, 6.07) is 0. The van der Waals surface area contributed by atoms with Crippen LogP contribution < -0.4 is 12.4 Å². The first-order valence-electron chi connectivity index (χ1n) is 3.35. The van der Waals surface area contributed by atoms with E-state index in [0.29, 0.717) is 0 Å². The van der Waals surface area contributed by atoms with Crippen LogP contribution in [-0.2, 0) is 0 Å². The van der Waals surface area contributed by atoms with Gasteiger partial charge in [0.25, 0.3) is 0 Å². The predicted octanol–water partition coefficient (Wildman–Crippen LogP) is -0.163. The molecule has 0 amide bonds. The molecule has 0 bridgehead atoms.